The van der Waals surface area contributed by atoms with Crippen LogP contribution in [0, 0.1) is 18.6 Å². The van der Waals surface area contributed by atoms with E-state index in [1.54, 1.807) is 13.1 Å². The summed E-state index contributed by atoms with van der Waals surface area (Å²) < 4.78 is 31.7. The smallest absolute Gasteiger partial charge is 0.174 e. The number of halogens is 2. The highest BCUT2D eigenvalue weighted by Gasteiger charge is 2.15. The third-order valence-corrected chi connectivity index (χ3v) is 2.23. The molecule has 1 N–H and O–H groups in total. The summed E-state index contributed by atoms with van der Waals surface area (Å²) in [6.07, 6.45) is 1.57. The van der Waals surface area contributed by atoms with Gasteiger partial charge in [0.2, 0.25) is 0 Å². The van der Waals surface area contributed by atoms with E-state index in [4.69, 9.17) is 4.74 Å². The Labute approximate surface area is 79.5 Å². The Morgan fingerprint density at radius 1 is 1.36 bits per heavy atom. The van der Waals surface area contributed by atoms with Crippen LogP contribution in [-0.2, 0) is 0 Å². The molecule has 1 aromatic carbocycles. The maximum Gasteiger partial charge on any atom is 0.174 e. The minimum Gasteiger partial charge on any atom is -0.494 e. The van der Waals surface area contributed by atoms with Crippen molar-refractivity contribution in [3.63, 3.8) is 0 Å². The van der Waals surface area contributed by atoms with E-state index in [0.29, 0.717) is 5.56 Å². The van der Waals surface area contributed by atoms with Crippen LogP contribution in [0.25, 0.3) is 10.9 Å². The molecule has 4 heteroatoms. The molecular formula is C10H9F2NO. The SMILES string of the molecule is COc1cc(F)c2[nH]cc(C)c2c1F. The Hall–Kier alpha value is -1.58. The number of ether oxygens (including phenoxy) is 1. The zero-order valence-corrected chi connectivity index (χ0v) is 7.82. The fourth-order valence-corrected chi connectivity index (χ4v) is 1.52. The molecule has 0 saturated heterocycles. The molecule has 0 aliphatic rings. The minimum atomic E-state index is -0.525. The third-order valence-electron chi connectivity index (χ3n) is 2.23. The van der Waals surface area contributed by atoms with Crippen molar-refractivity contribution in [3.8, 4) is 5.75 Å². The Morgan fingerprint density at radius 2 is 2.07 bits per heavy atom. The summed E-state index contributed by atoms with van der Waals surface area (Å²) in [7, 11) is 1.31. The first-order valence-electron chi connectivity index (χ1n) is 4.15. The highest BCUT2D eigenvalue weighted by molar-refractivity contribution is 5.85. The third kappa shape index (κ3) is 1.07. The van der Waals surface area contributed by atoms with Crippen molar-refractivity contribution in [3.05, 3.63) is 29.5 Å². The number of aryl methyl sites for hydroxylation is 1. The molecule has 1 heterocycles. The maximum atomic E-state index is 13.6. The zero-order valence-electron chi connectivity index (χ0n) is 7.82. The molecule has 2 rings (SSSR count). The van der Waals surface area contributed by atoms with Crippen molar-refractivity contribution in [2.75, 3.05) is 7.11 Å². The number of rotatable bonds is 1. The lowest BCUT2D eigenvalue weighted by molar-refractivity contribution is 0.386. The molecule has 0 bridgehead atoms. The van der Waals surface area contributed by atoms with E-state index in [9.17, 15) is 8.78 Å². The van der Waals surface area contributed by atoms with Crippen LogP contribution >= 0.6 is 0 Å². The summed E-state index contributed by atoms with van der Waals surface area (Å²) in [5.41, 5.74) is 0.844. The maximum absolute atomic E-state index is 13.6. The van der Waals surface area contributed by atoms with Gasteiger partial charge in [-0.1, -0.05) is 0 Å². The van der Waals surface area contributed by atoms with Gasteiger partial charge in [-0.2, -0.15) is 0 Å². The molecule has 2 aromatic rings. The molecule has 0 atom stereocenters. The van der Waals surface area contributed by atoms with Gasteiger partial charge in [0, 0.05) is 17.6 Å². The van der Waals surface area contributed by atoms with E-state index in [0.717, 1.165) is 6.07 Å². The Balaban J connectivity index is 2.91. The van der Waals surface area contributed by atoms with Gasteiger partial charge in [0.1, 0.15) is 0 Å². The summed E-state index contributed by atoms with van der Waals surface area (Å²) in [6.45, 7) is 1.71. The predicted molar refractivity (Wildman–Crippen MR) is 49.5 cm³/mol. The molecule has 74 valence electrons. The van der Waals surface area contributed by atoms with Gasteiger partial charge in [0.25, 0.3) is 0 Å². The Kier molecular flexibility index (Phi) is 1.91. The van der Waals surface area contributed by atoms with Crippen LogP contribution in [0.1, 0.15) is 5.56 Å². The number of aromatic amines is 1. The molecule has 0 unspecified atom stereocenters. The van der Waals surface area contributed by atoms with Crippen molar-refractivity contribution in [2.24, 2.45) is 0 Å². The van der Waals surface area contributed by atoms with E-state index in [1.807, 2.05) is 0 Å². The summed E-state index contributed by atoms with van der Waals surface area (Å²) in [6, 6.07) is 1.04. The highest BCUT2D eigenvalue weighted by Crippen LogP contribution is 2.30. The van der Waals surface area contributed by atoms with Crippen LogP contribution in [0.3, 0.4) is 0 Å². The summed E-state index contributed by atoms with van der Waals surface area (Å²) >= 11 is 0. The molecular weight excluding hydrogens is 188 g/mol. The number of benzene rings is 1. The molecule has 0 amide bonds. The van der Waals surface area contributed by atoms with Crippen LogP contribution in [0.5, 0.6) is 5.75 Å². The molecule has 0 aliphatic heterocycles. The molecule has 0 aliphatic carbocycles. The average Bonchev–Trinajstić information content (AvgIpc) is 2.54. The number of fused-ring (bicyclic) bond motifs is 1. The Morgan fingerprint density at radius 3 is 2.71 bits per heavy atom. The van der Waals surface area contributed by atoms with Gasteiger partial charge in [-0.25, -0.2) is 8.78 Å². The van der Waals surface area contributed by atoms with Crippen LogP contribution < -0.4 is 4.74 Å². The quantitative estimate of drug-likeness (QED) is 0.747. The van der Waals surface area contributed by atoms with Gasteiger partial charge >= 0.3 is 0 Å². The number of H-pyrrole nitrogens is 1. The molecule has 14 heavy (non-hydrogen) atoms. The van der Waals surface area contributed by atoms with E-state index < -0.39 is 11.6 Å². The topological polar surface area (TPSA) is 25.0 Å². The van der Waals surface area contributed by atoms with Gasteiger partial charge in [-0.3, -0.25) is 0 Å². The van der Waals surface area contributed by atoms with E-state index in [1.165, 1.54) is 7.11 Å². The molecule has 0 radical (unpaired) electrons. The lowest BCUT2D eigenvalue weighted by atomic mass is 10.1. The van der Waals surface area contributed by atoms with Crippen molar-refractivity contribution < 1.29 is 13.5 Å². The van der Waals surface area contributed by atoms with E-state index in [2.05, 4.69) is 4.98 Å². The fraction of sp³-hybridized carbons (Fsp3) is 0.200. The second-order valence-electron chi connectivity index (χ2n) is 3.10. The van der Waals surface area contributed by atoms with Gasteiger partial charge in [-0.05, 0) is 12.5 Å². The second-order valence-corrected chi connectivity index (χ2v) is 3.10. The monoisotopic (exact) mass is 197 g/mol. The van der Waals surface area contributed by atoms with Crippen molar-refractivity contribution >= 4 is 10.9 Å². The molecule has 0 fully saturated rings. The van der Waals surface area contributed by atoms with Gasteiger partial charge < -0.3 is 9.72 Å². The van der Waals surface area contributed by atoms with Crippen LogP contribution in [0.2, 0.25) is 0 Å². The van der Waals surface area contributed by atoms with Gasteiger partial charge in [0.05, 0.1) is 12.6 Å². The van der Waals surface area contributed by atoms with Crippen molar-refractivity contribution in [1.29, 1.82) is 0 Å². The highest BCUT2D eigenvalue weighted by atomic mass is 19.1. The van der Waals surface area contributed by atoms with E-state index in [-0.39, 0.29) is 16.7 Å². The molecule has 1 aromatic heterocycles. The zero-order chi connectivity index (χ0) is 10.3. The first-order chi connectivity index (χ1) is 6.65. The van der Waals surface area contributed by atoms with Crippen LogP contribution in [-0.4, -0.2) is 12.1 Å². The largest absolute Gasteiger partial charge is 0.494 e. The minimum absolute atomic E-state index is 0.0716. The lowest BCUT2D eigenvalue weighted by Crippen LogP contribution is -1.91. The summed E-state index contributed by atoms with van der Waals surface area (Å²) in [5, 5.41) is 0.252. The van der Waals surface area contributed by atoms with Gasteiger partial charge in [0.15, 0.2) is 17.4 Å². The average molecular weight is 197 g/mol. The number of aromatic nitrogens is 1. The van der Waals surface area contributed by atoms with Crippen molar-refractivity contribution in [2.45, 2.75) is 6.92 Å². The van der Waals surface area contributed by atoms with E-state index >= 15 is 0 Å². The molecule has 0 saturated carbocycles. The standard InChI is InChI=1S/C10H9F2NO/c1-5-4-13-10-6(11)3-7(14-2)9(12)8(5)10/h3-4,13H,1-2H3. The van der Waals surface area contributed by atoms with Crippen LogP contribution in [0.15, 0.2) is 12.3 Å². The second kappa shape index (κ2) is 2.97. The normalized spacial score (nSPS) is 10.9. The summed E-state index contributed by atoms with van der Waals surface area (Å²) in [5.74, 6) is -1.10. The predicted octanol–water partition coefficient (Wildman–Crippen LogP) is 2.76. The van der Waals surface area contributed by atoms with Gasteiger partial charge in [-0.15, -0.1) is 0 Å². The fourth-order valence-electron chi connectivity index (χ4n) is 1.52. The lowest BCUT2D eigenvalue weighted by Gasteiger charge is -2.03. The Bertz CT molecular complexity index is 490. The van der Waals surface area contributed by atoms with Crippen molar-refractivity contribution in [1.82, 2.24) is 4.98 Å². The first-order valence-corrected chi connectivity index (χ1v) is 4.15. The molecule has 0 spiro atoms. The number of methoxy groups -OCH3 is 1. The van der Waals surface area contributed by atoms with Crippen LogP contribution in [0.4, 0.5) is 8.78 Å². The summed E-state index contributed by atoms with van der Waals surface area (Å²) in [4.78, 5) is 2.68. The molecule has 2 nitrogen and oxygen atoms in total. The number of hydrogen-bond acceptors (Lipinski definition) is 1. The number of nitrogens with one attached hydrogen (secondary N) is 1. The number of hydrogen-bond donors (Lipinski definition) is 1. The first kappa shape index (κ1) is 8.99.